The Kier molecular flexibility index (Phi) is 4.41. The average molecular weight is 406 g/mol. The van der Waals surface area contributed by atoms with Gasteiger partial charge in [-0.1, -0.05) is 0 Å². The summed E-state index contributed by atoms with van der Waals surface area (Å²) in [5.41, 5.74) is 4.78. The summed E-state index contributed by atoms with van der Waals surface area (Å²) >= 11 is 1.57. The van der Waals surface area contributed by atoms with Crippen molar-refractivity contribution in [2.75, 3.05) is 13.7 Å². The summed E-state index contributed by atoms with van der Waals surface area (Å²) in [6.45, 7) is 1.34. The molecule has 1 aromatic carbocycles. The zero-order valence-corrected chi connectivity index (χ0v) is 16.9. The van der Waals surface area contributed by atoms with E-state index in [0.29, 0.717) is 6.61 Å². The third kappa shape index (κ3) is 3.03. The molecule has 5 rings (SSSR count). The number of hydrogen-bond acceptors (Lipinski definition) is 4. The number of hydrogen-bond donors (Lipinski definition) is 0. The standard InChI is InChI=1S/C22H19FN4OS/c1-26-11-18(16-10-14(23)5-6-20(16)26)22-25-19(13-29-22)17-12-27(8-9-28-2)21-15(17)4-3-7-24-21/h3-7,10-13H,8-9H2,1-2H3. The van der Waals surface area contributed by atoms with Crippen molar-refractivity contribution in [1.29, 1.82) is 0 Å². The number of methoxy groups -OCH3 is 1. The summed E-state index contributed by atoms with van der Waals surface area (Å²) in [5, 5.41) is 4.86. The van der Waals surface area contributed by atoms with E-state index in [9.17, 15) is 4.39 Å². The van der Waals surface area contributed by atoms with Crippen molar-refractivity contribution in [1.82, 2.24) is 19.1 Å². The highest BCUT2D eigenvalue weighted by Crippen LogP contribution is 2.37. The molecule has 0 unspecified atom stereocenters. The second kappa shape index (κ2) is 7.09. The van der Waals surface area contributed by atoms with E-state index >= 15 is 0 Å². The molecule has 5 nitrogen and oxygen atoms in total. The van der Waals surface area contributed by atoms with Gasteiger partial charge in [-0.3, -0.25) is 0 Å². The molecule has 4 heterocycles. The molecule has 5 aromatic rings. The summed E-state index contributed by atoms with van der Waals surface area (Å²) in [6, 6.07) is 8.87. The van der Waals surface area contributed by atoms with E-state index in [4.69, 9.17) is 9.72 Å². The number of halogens is 1. The molecule has 29 heavy (non-hydrogen) atoms. The van der Waals surface area contributed by atoms with Gasteiger partial charge in [0.15, 0.2) is 0 Å². The number of aryl methyl sites for hydroxylation is 1. The Morgan fingerprint density at radius 3 is 2.90 bits per heavy atom. The molecule has 0 saturated heterocycles. The number of benzene rings is 1. The van der Waals surface area contributed by atoms with Crippen LogP contribution in [0, 0.1) is 5.82 Å². The summed E-state index contributed by atoms with van der Waals surface area (Å²) in [4.78, 5) is 9.44. The lowest BCUT2D eigenvalue weighted by Crippen LogP contribution is -2.03. The molecule has 4 aromatic heterocycles. The minimum Gasteiger partial charge on any atom is -0.383 e. The molecule has 7 heteroatoms. The van der Waals surface area contributed by atoms with Gasteiger partial charge in [0.25, 0.3) is 0 Å². The maximum Gasteiger partial charge on any atom is 0.140 e. The van der Waals surface area contributed by atoms with Crippen molar-refractivity contribution >= 4 is 33.3 Å². The summed E-state index contributed by atoms with van der Waals surface area (Å²) in [6.07, 6.45) is 5.89. The molecule has 0 fully saturated rings. The van der Waals surface area contributed by atoms with Gasteiger partial charge in [0.05, 0.1) is 12.3 Å². The zero-order chi connectivity index (χ0) is 20.0. The third-order valence-corrected chi connectivity index (χ3v) is 6.01. The molecule has 146 valence electrons. The van der Waals surface area contributed by atoms with E-state index in [0.717, 1.165) is 50.3 Å². The van der Waals surface area contributed by atoms with Crippen LogP contribution < -0.4 is 0 Å². The average Bonchev–Trinajstić information content (AvgIpc) is 3.42. The summed E-state index contributed by atoms with van der Waals surface area (Å²) in [5.74, 6) is -0.242. The number of aromatic nitrogens is 4. The van der Waals surface area contributed by atoms with Gasteiger partial charge in [0, 0.05) is 72.1 Å². The normalized spacial score (nSPS) is 11.7. The number of ether oxygens (including phenoxy) is 1. The lowest BCUT2D eigenvalue weighted by atomic mass is 10.1. The highest BCUT2D eigenvalue weighted by molar-refractivity contribution is 7.13. The molecule has 0 aliphatic heterocycles. The lowest BCUT2D eigenvalue weighted by Gasteiger charge is -2.02. The molecule has 0 atom stereocenters. The van der Waals surface area contributed by atoms with Crippen LogP contribution >= 0.6 is 11.3 Å². The maximum absolute atomic E-state index is 13.8. The van der Waals surface area contributed by atoms with Gasteiger partial charge in [-0.2, -0.15) is 0 Å². The molecular weight excluding hydrogens is 387 g/mol. The molecule has 0 bridgehead atoms. The Hall–Kier alpha value is -3.03. The number of rotatable bonds is 5. The van der Waals surface area contributed by atoms with E-state index < -0.39 is 0 Å². The number of fused-ring (bicyclic) bond motifs is 2. The van der Waals surface area contributed by atoms with Gasteiger partial charge in [0.1, 0.15) is 16.5 Å². The Morgan fingerprint density at radius 2 is 2.03 bits per heavy atom. The van der Waals surface area contributed by atoms with Gasteiger partial charge in [0.2, 0.25) is 0 Å². The van der Waals surface area contributed by atoms with Gasteiger partial charge < -0.3 is 13.9 Å². The van der Waals surface area contributed by atoms with E-state index in [2.05, 4.69) is 27.2 Å². The van der Waals surface area contributed by atoms with E-state index in [1.165, 1.54) is 6.07 Å². The smallest absolute Gasteiger partial charge is 0.140 e. The summed E-state index contributed by atoms with van der Waals surface area (Å²) < 4.78 is 23.2. The van der Waals surface area contributed by atoms with Crippen LogP contribution in [0.3, 0.4) is 0 Å². The topological polar surface area (TPSA) is 44.9 Å². The van der Waals surface area contributed by atoms with E-state index in [1.54, 1.807) is 36.8 Å². The van der Waals surface area contributed by atoms with Crippen LogP contribution in [-0.2, 0) is 18.3 Å². The number of pyridine rings is 1. The first kappa shape index (κ1) is 18.0. The highest BCUT2D eigenvalue weighted by Gasteiger charge is 2.17. The number of thiazole rings is 1. The van der Waals surface area contributed by atoms with Crippen LogP contribution in [-0.4, -0.2) is 32.8 Å². The quantitative estimate of drug-likeness (QED) is 0.408. The first-order valence-corrected chi connectivity index (χ1v) is 10.2. The minimum atomic E-state index is -0.242. The SMILES string of the molecule is COCCn1cc(-c2csc(-c3cn(C)c4ccc(F)cc34)n2)c2cccnc21. The lowest BCUT2D eigenvalue weighted by molar-refractivity contribution is 0.188. The Labute approximate surface area is 171 Å². The van der Waals surface area contributed by atoms with Crippen LogP contribution in [0.2, 0.25) is 0 Å². The van der Waals surface area contributed by atoms with Crippen molar-refractivity contribution in [3.05, 3.63) is 60.1 Å². The molecule has 0 aliphatic rings. The summed E-state index contributed by atoms with van der Waals surface area (Å²) in [7, 11) is 3.66. The third-order valence-electron chi connectivity index (χ3n) is 5.13. The second-order valence-electron chi connectivity index (χ2n) is 6.96. The van der Waals surface area contributed by atoms with Gasteiger partial charge >= 0.3 is 0 Å². The molecule has 0 saturated carbocycles. The largest absolute Gasteiger partial charge is 0.383 e. The van der Waals surface area contributed by atoms with Crippen molar-refractivity contribution in [3.8, 4) is 21.8 Å². The monoisotopic (exact) mass is 406 g/mol. The fourth-order valence-corrected chi connectivity index (χ4v) is 4.59. The maximum atomic E-state index is 13.8. The van der Waals surface area contributed by atoms with E-state index in [-0.39, 0.29) is 5.82 Å². The van der Waals surface area contributed by atoms with Crippen molar-refractivity contribution in [2.24, 2.45) is 7.05 Å². The van der Waals surface area contributed by atoms with Crippen LogP contribution in [0.5, 0.6) is 0 Å². The first-order valence-electron chi connectivity index (χ1n) is 9.29. The molecule has 0 N–H and O–H groups in total. The number of nitrogens with zero attached hydrogens (tertiary/aromatic N) is 4. The van der Waals surface area contributed by atoms with E-state index in [1.807, 2.05) is 23.9 Å². The Balaban J connectivity index is 1.62. The fraction of sp³-hybridized carbons (Fsp3) is 0.182. The van der Waals surface area contributed by atoms with Crippen LogP contribution in [0.4, 0.5) is 4.39 Å². The predicted octanol–water partition coefficient (Wildman–Crippen LogP) is 5.10. The minimum absolute atomic E-state index is 0.242. The zero-order valence-electron chi connectivity index (χ0n) is 16.1. The van der Waals surface area contributed by atoms with Crippen LogP contribution in [0.15, 0.2) is 54.3 Å². The Morgan fingerprint density at radius 1 is 1.14 bits per heavy atom. The van der Waals surface area contributed by atoms with Crippen molar-refractivity contribution < 1.29 is 9.13 Å². The molecule has 0 aliphatic carbocycles. The fourth-order valence-electron chi connectivity index (χ4n) is 3.74. The predicted molar refractivity (Wildman–Crippen MR) is 115 cm³/mol. The van der Waals surface area contributed by atoms with Crippen molar-refractivity contribution in [2.45, 2.75) is 6.54 Å². The van der Waals surface area contributed by atoms with Gasteiger partial charge in [-0.05, 0) is 30.3 Å². The van der Waals surface area contributed by atoms with Gasteiger partial charge in [-0.25, -0.2) is 14.4 Å². The van der Waals surface area contributed by atoms with Gasteiger partial charge in [-0.15, -0.1) is 11.3 Å². The molecule has 0 spiro atoms. The van der Waals surface area contributed by atoms with Crippen LogP contribution in [0.1, 0.15) is 0 Å². The highest BCUT2D eigenvalue weighted by atomic mass is 32.1. The first-order chi connectivity index (χ1) is 14.2. The molecule has 0 amide bonds. The van der Waals surface area contributed by atoms with Crippen LogP contribution in [0.25, 0.3) is 43.8 Å². The molecule has 0 radical (unpaired) electrons. The second-order valence-corrected chi connectivity index (χ2v) is 7.81. The molecular formula is C22H19FN4OS. The van der Waals surface area contributed by atoms with Crippen molar-refractivity contribution in [3.63, 3.8) is 0 Å². The Bertz CT molecular complexity index is 1330.